The summed E-state index contributed by atoms with van der Waals surface area (Å²) in [6.45, 7) is 0.123. The third kappa shape index (κ3) is 3.26. The Hall–Kier alpha value is -4.43. The molecule has 0 saturated carbocycles. The zero-order chi connectivity index (χ0) is 27.1. The van der Waals surface area contributed by atoms with Crippen molar-refractivity contribution in [3.8, 4) is 17.2 Å². The van der Waals surface area contributed by atoms with Crippen molar-refractivity contribution >= 4 is 55.7 Å². The van der Waals surface area contributed by atoms with Crippen molar-refractivity contribution in [3.63, 3.8) is 0 Å². The predicted molar refractivity (Wildman–Crippen MR) is 150 cm³/mol. The van der Waals surface area contributed by atoms with Crippen LogP contribution in [0, 0.1) is 17.8 Å². The molecule has 0 bridgehead atoms. The van der Waals surface area contributed by atoms with Crippen LogP contribution in [-0.4, -0.2) is 24.6 Å². The second-order valence-electron chi connectivity index (χ2n) is 10.4. The first-order chi connectivity index (χ1) is 19.5. The normalized spacial score (nSPS) is 24.4. The standard InChI is InChI=1S/C32H20BrNO6/c33-18-5-3-6-19(13-18)34-30(35)27-21(17-9-10-23-25(12-17)39-15-38-23)14-22-26-20-7-2-1-4-16(20)8-11-24(26)40-32(37)28(22)29(27)31(34)36/h1-14,21,27-29H,15H2/t21-,27+,28-,29+/m1/s1. The number of carbonyl (C=O) groups is 3. The van der Waals surface area contributed by atoms with Gasteiger partial charge in [0.2, 0.25) is 18.6 Å². The minimum absolute atomic E-state index is 0.123. The molecule has 3 aliphatic heterocycles. The van der Waals surface area contributed by atoms with Gasteiger partial charge in [-0.1, -0.05) is 64.5 Å². The van der Waals surface area contributed by atoms with E-state index >= 15 is 0 Å². The number of ether oxygens (including phenoxy) is 3. The van der Waals surface area contributed by atoms with Gasteiger partial charge in [0.1, 0.15) is 5.75 Å². The molecule has 7 nitrogen and oxygen atoms in total. The molecule has 196 valence electrons. The molecule has 4 aliphatic rings. The number of allylic oxidation sites excluding steroid dienone is 1. The number of hydrogen-bond donors (Lipinski definition) is 0. The summed E-state index contributed by atoms with van der Waals surface area (Å²) in [7, 11) is 0. The SMILES string of the molecule is O=C1Oc2ccc3ccccc3c2C2=C[C@H](c3ccc4c(c3)OCO4)[C@@H]3C(=O)N(c4cccc(Br)c4)C(=O)[C@@H]3[C@H]12. The Morgan fingerprint density at radius 3 is 2.45 bits per heavy atom. The van der Waals surface area contributed by atoms with Gasteiger partial charge in [0.15, 0.2) is 11.5 Å². The molecule has 0 spiro atoms. The van der Waals surface area contributed by atoms with Crippen molar-refractivity contribution in [2.45, 2.75) is 5.92 Å². The number of fused-ring (bicyclic) bond motifs is 8. The second-order valence-corrected chi connectivity index (χ2v) is 11.3. The van der Waals surface area contributed by atoms with Crippen LogP contribution in [0.2, 0.25) is 0 Å². The molecule has 1 fully saturated rings. The van der Waals surface area contributed by atoms with Gasteiger partial charge >= 0.3 is 5.97 Å². The van der Waals surface area contributed by atoms with Crippen molar-refractivity contribution in [3.05, 3.63) is 101 Å². The van der Waals surface area contributed by atoms with Gasteiger partial charge in [0.05, 0.1) is 23.4 Å². The molecule has 0 radical (unpaired) electrons. The van der Waals surface area contributed by atoms with Crippen LogP contribution in [0.3, 0.4) is 0 Å². The first-order valence-electron chi connectivity index (χ1n) is 13.0. The molecule has 0 aromatic heterocycles. The largest absolute Gasteiger partial charge is 0.454 e. The number of halogens is 1. The number of nitrogens with zero attached hydrogens (tertiary/aromatic N) is 1. The first-order valence-corrected chi connectivity index (χ1v) is 13.8. The fourth-order valence-corrected chi connectivity index (χ4v) is 7.03. The Bertz CT molecular complexity index is 1830. The van der Waals surface area contributed by atoms with E-state index in [0.717, 1.165) is 26.4 Å². The van der Waals surface area contributed by atoms with Crippen molar-refractivity contribution < 1.29 is 28.6 Å². The topological polar surface area (TPSA) is 82.1 Å². The van der Waals surface area contributed by atoms with Crippen molar-refractivity contribution in [1.29, 1.82) is 0 Å². The molecular formula is C32H20BrNO6. The van der Waals surface area contributed by atoms with E-state index in [9.17, 15) is 14.4 Å². The van der Waals surface area contributed by atoms with Crippen LogP contribution in [0.15, 0.2) is 89.4 Å². The number of hydrogen-bond acceptors (Lipinski definition) is 6. The van der Waals surface area contributed by atoms with Crippen molar-refractivity contribution in [2.75, 3.05) is 11.7 Å². The smallest absolute Gasteiger partial charge is 0.319 e. The predicted octanol–water partition coefficient (Wildman–Crippen LogP) is 5.85. The molecule has 8 heteroatoms. The Labute approximate surface area is 237 Å². The van der Waals surface area contributed by atoms with Crippen LogP contribution in [-0.2, 0) is 14.4 Å². The van der Waals surface area contributed by atoms with Crippen molar-refractivity contribution in [2.24, 2.45) is 17.8 Å². The Morgan fingerprint density at radius 2 is 1.57 bits per heavy atom. The third-order valence-electron chi connectivity index (χ3n) is 8.33. The molecular weight excluding hydrogens is 574 g/mol. The maximum Gasteiger partial charge on any atom is 0.319 e. The highest BCUT2D eigenvalue weighted by Gasteiger charge is 2.60. The lowest BCUT2D eigenvalue weighted by Gasteiger charge is -2.38. The fraction of sp³-hybridized carbons (Fsp3) is 0.156. The van der Waals surface area contributed by atoms with Crippen LogP contribution in [0.1, 0.15) is 17.0 Å². The van der Waals surface area contributed by atoms with E-state index in [1.807, 2.05) is 60.7 Å². The van der Waals surface area contributed by atoms with E-state index in [-0.39, 0.29) is 12.7 Å². The number of benzene rings is 4. The molecule has 1 aliphatic carbocycles. The minimum Gasteiger partial charge on any atom is -0.454 e. The molecule has 1 saturated heterocycles. The first kappa shape index (κ1) is 23.5. The maximum atomic E-state index is 14.2. The molecule has 3 heterocycles. The summed E-state index contributed by atoms with van der Waals surface area (Å²) in [4.78, 5) is 43.2. The van der Waals surface area contributed by atoms with Gasteiger partial charge in [-0.15, -0.1) is 0 Å². The molecule has 8 rings (SSSR count). The third-order valence-corrected chi connectivity index (χ3v) is 8.82. The lowest BCUT2D eigenvalue weighted by molar-refractivity contribution is -0.142. The molecule has 0 unspecified atom stereocenters. The zero-order valence-electron chi connectivity index (χ0n) is 20.9. The molecule has 4 atom stereocenters. The highest BCUT2D eigenvalue weighted by atomic mass is 79.9. The summed E-state index contributed by atoms with van der Waals surface area (Å²) in [6.07, 6.45) is 1.99. The number of rotatable bonds is 2. The summed E-state index contributed by atoms with van der Waals surface area (Å²) >= 11 is 3.45. The molecule has 40 heavy (non-hydrogen) atoms. The van der Waals surface area contributed by atoms with E-state index < -0.39 is 35.5 Å². The number of imide groups is 1. The molecule has 4 aromatic rings. The highest BCUT2D eigenvalue weighted by Crippen LogP contribution is 2.56. The molecule has 4 aromatic carbocycles. The highest BCUT2D eigenvalue weighted by molar-refractivity contribution is 9.10. The van der Waals surface area contributed by atoms with Crippen molar-refractivity contribution in [1.82, 2.24) is 0 Å². The van der Waals surface area contributed by atoms with Crippen LogP contribution < -0.4 is 19.1 Å². The monoisotopic (exact) mass is 593 g/mol. The zero-order valence-corrected chi connectivity index (χ0v) is 22.5. The van der Waals surface area contributed by atoms with Gasteiger partial charge in [-0.2, -0.15) is 0 Å². The maximum absolute atomic E-state index is 14.2. The van der Waals surface area contributed by atoms with Gasteiger partial charge in [0.25, 0.3) is 0 Å². The summed E-state index contributed by atoms with van der Waals surface area (Å²) in [5.74, 6) is -2.74. The number of amides is 2. The lowest BCUT2D eigenvalue weighted by Crippen LogP contribution is -2.42. The van der Waals surface area contributed by atoms with Gasteiger partial charge in [-0.05, 0) is 58.3 Å². The van der Waals surface area contributed by atoms with Crippen LogP contribution >= 0.6 is 15.9 Å². The summed E-state index contributed by atoms with van der Waals surface area (Å²) in [6, 6.07) is 24.3. The van der Waals surface area contributed by atoms with E-state index in [0.29, 0.717) is 28.5 Å². The van der Waals surface area contributed by atoms with E-state index in [1.54, 1.807) is 24.3 Å². The van der Waals surface area contributed by atoms with Gasteiger partial charge in [-0.3, -0.25) is 14.4 Å². The summed E-state index contributed by atoms with van der Waals surface area (Å²) in [5, 5.41) is 1.91. The van der Waals surface area contributed by atoms with E-state index in [1.165, 1.54) is 4.90 Å². The quantitative estimate of drug-likeness (QED) is 0.165. The van der Waals surface area contributed by atoms with E-state index in [4.69, 9.17) is 14.2 Å². The second kappa shape index (κ2) is 8.53. The summed E-state index contributed by atoms with van der Waals surface area (Å²) < 4.78 is 17.8. The minimum atomic E-state index is -0.929. The Balaban J connectivity index is 1.37. The average molecular weight is 594 g/mol. The van der Waals surface area contributed by atoms with Crippen LogP contribution in [0.4, 0.5) is 5.69 Å². The van der Waals surface area contributed by atoms with Crippen LogP contribution in [0.25, 0.3) is 16.3 Å². The number of anilines is 1. The number of esters is 1. The van der Waals surface area contributed by atoms with E-state index in [2.05, 4.69) is 15.9 Å². The Kier molecular flexibility index (Phi) is 5.00. The van der Waals surface area contributed by atoms with Gasteiger partial charge in [-0.25, -0.2) is 4.90 Å². The Morgan fingerprint density at radius 1 is 0.775 bits per heavy atom. The number of carbonyl (C=O) groups excluding carboxylic acids is 3. The van der Waals surface area contributed by atoms with Gasteiger partial charge in [0, 0.05) is 16.0 Å². The van der Waals surface area contributed by atoms with Crippen LogP contribution in [0.5, 0.6) is 17.2 Å². The lowest BCUT2D eigenvalue weighted by atomic mass is 9.64. The summed E-state index contributed by atoms with van der Waals surface area (Å²) in [5.41, 5.74) is 2.76. The molecule has 2 amide bonds. The van der Waals surface area contributed by atoms with Gasteiger partial charge < -0.3 is 14.2 Å². The molecule has 0 N–H and O–H groups in total. The fourth-order valence-electron chi connectivity index (χ4n) is 6.65. The average Bonchev–Trinajstić information content (AvgIpc) is 3.54.